The molecule has 24 heavy (non-hydrogen) atoms. The van der Waals surface area contributed by atoms with Gasteiger partial charge >= 0.3 is 23.9 Å². The Hall–Kier alpha value is -2.58. The Kier molecular flexibility index (Phi) is 6.75. The van der Waals surface area contributed by atoms with E-state index in [-0.39, 0.29) is 5.76 Å². The summed E-state index contributed by atoms with van der Waals surface area (Å²) in [5.74, 6) is -3.58. The second kappa shape index (κ2) is 8.32. The van der Waals surface area contributed by atoms with Gasteiger partial charge in [-0.2, -0.15) is 0 Å². The Bertz CT molecular complexity index is 539. The number of esters is 4. The third kappa shape index (κ3) is 5.56. The monoisotopic (exact) mass is 344 g/mol. The number of carbonyl (C=O) groups excluding carboxylic acids is 4. The van der Waals surface area contributed by atoms with Gasteiger partial charge in [-0.15, -0.1) is 0 Å². The Morgan fingerprint density at radius 2 is 1.17 bits per heavy atom. The number of hydrogen-bond donors (Lipinski definition) is 0. The topological polar surface area (TPSA) is 114 Å². The zero-order chi connectivity index (χ0) is 18.4. The molecule has 1 aliphatic rings. The fourth-order valence-corrected chi connectivity index (χ4v) is 1.55. The lowest BCUT2D eigenvalue weighted by Crippen LogP contribution is -2.35. The summed E-state index contributed by atoms with van der Waals surface area (Å²) in [6.07, 6.45) is -4.48. The SMILES string of the molecule is C=C1OC(C)C(=O)OCC(=O)OC(C)C(=O)OC(C)C(=O)OC1C. The third-order valence-electron chi connectivity index (χ3n) is 3.00. The highest BCUT2D eigenvalue weighted by molar-refractivity contribution is 5.84. The van der Waals surface area contributed by atoms with E-state index >= 15 is 0 Å². The summed E-state index contributed by atoms with van der Waals surface area (Å²) >= 11 is 0. The van der Waals surface area contributed by atoms with Crippen LogP contribution in [0.2, 0.25) is 0 Å². The fraction of sp³-hybridized carbons (Fsp3) is 0.600. The molecule has 0 aliphatic carbocycles. The minimum absolute atomic E-state index is 0.00265. The van der Waals surface area contributed by atoms with Crippen molar-refractivity contribution < 1.29 is 42.9 Å². The van der Waals surface area contributed by atoms with Crippen LogP contribution < -0.4 is 0 Å². The number of hydrogen-bond acceptors (Lipinski definition) is 9. The van der Waals surface area contributed by atoms with Crippen molar-refractivity contribution in [1.82, 2.24) is 0 Å². The quantitative estimate of drug-likeness (QED) is 0.450. The third-order valence-corrected chi connectivity index (χ3v) is 3.00. The van der Waals surface area contributed by atoms with Crippen LogP contribution in [0.1, 0.15) is 27.7 Å². The molecular formula is C15H20O9. The molecule has 0 saturated carbocycles. The molecule has 0 aromatic carbocycles. The second-order valence-electron chi connectivity index (χ2n) is 5.12. The van der Waals surface area contributed by atoms with Gasteiger partial charge in [0.15, 0.2) is 31.0 Å². The van der Waals surface area contributed by atoms with Crippen molar-refractivity contribution in [1.29, 1.82) is 0 Å². The van der Waals surface area contributed by atoms with Crippen LogP contribution in [0.3, 0.4) is 0 Å². The van der Waals surface area contributed by atoms with Gasteiger partial charge in [0.2, 0.25) is 0 Å². The van der Waals surface area contributed by atoms with Gasteiger partial charge in [0.05, 0.1) is 0 Å². The maximum absolute atomic E-state index is 11.9. The van der Waals surface area contributed by atoms with E-state index in [4.69, 9.17) is 23.7 Å². The summed E-state index contributed by atoms with van der Waals surface area (Å²) in [4.78, 5) is 46.9. The first-order valence-electron chi connectivity index (χ1n) is 7.24. The van der Waals surface area contributed by atoms with Gasteiger partial charge in [0, 0.05) is 0 Å². The normalized spacial score (nSPS) is 30.8. The first kappa shape index (κ1) is 19.5. The standard InChI is InChI=1S/C15H20O9/c1-7-8(2)23-15(19)11(5)24-14(18)10(4)22-12(16)6-20-13(17)9(3)21-7/h8-11H,1,6H2,2-5H3. The van der Waals surface area contributed by atoms with Crippen LogP contribution in [-0.4, -0.2) is 54.9 Å². The molecule has 1 fully saturated rings. The number of carbonyl (C=O) groups is 4. The van der Waals surface area contributed by atoms with Gasteiger partial charge in [-0.25, -0.2) is 19.2 Å². The Labute approximate surface area is 138 Å². The lowest BCUT2D eigenvalue weighted by atomic mass is 10.3. The van der Waals surface area contributed by atoms with Crippen LogP contribution in [0.25, 0.3) is 0 Å². The lowest BCUT2D eigenvalue weighted by molar-refractivity contribution is -0.179. The van der Waals surface area contributed by atoms with Crippen molar-refractivity contribution in [3.05, 3.63) is 12.3 Å². The van der Waals surface area contributed by atoms with Gasteiger partial charge < -0.3 is 23.7 Å². The summed E-state index contributed by atoms with van der Waals surface area (Å²) in [5, 5.41) is 0. The molecule has 0 N–H and O–H groups in total. The molecular weight excluding hydrogens is 324 g/mol. The Morgan fingerprint density at radius 3 is 1.75 bits per heavy atom. The molecule has 1 saturated heterocycles. The molecule has 1 rings (SSSR count). The number of rotatable bonds is 0. The van der Waals surface area contributed by atoms with Crippen molar-refractivity contribution in [2.75, 3.05) is 6.61 Å². The molecule has 0 amide bonds. The van der Waals surface area contributed by atoms with E-state index < -0.39 is 54.9 Å². The summed E-state index contributed by atoms with van der Waals surface area (Å²) in [7, 11) is 0. The van der Waals surface area contributed by atoms with Crippen LogP contribution >= 0.6 is 0 Å². The van der Waals surface area contributed by atoms with E-state index in [9.17, 15) is 19.2 Å². The van der Waals surface area contributed by atoms with E-state index in [0.29, 0.717) is 0 Å². The number of ether oxygens (including phenoxy) is 5. The summed E-state index contributed by atoms with van der Waals surface area (Å²) in [6.45, 7) is 8.28. The molecule has 1 heterocycles. The van der Waals surface area contributed by atoms with Crippen molar-refractivity contribution in [2.24, 2.45) is 0 Å². The second-order valence-corrected chi connectivity index (χ2v) is 5.12. The Morgan fingerprint density at radius 1 is 0.708 bits per heavy atom. The minimum Gasteiger partial charge on any atom is -0.480 e. The summed E-state index contributed by atoms with van der Waals surface area (Å²) < 4.78 is 24.6. The smallest absolute Gasteiger partial charge is 0.347 e. The highest BCUT2D eigenvalue weighted by Gasteiger charge is 2.29. The van der Waals surface area contributed by atoms with Crippen molar-refractivity contribution in [3.8, 4) is 0 Å². The molecule has 0 radical (unpaired) electrons. The van der Waals surface area contributed by atoms with Gasteiger partial charge in [-0.3, -0.25) is 0 Å². The molecule has 0 aromatic heterocycles. The van der Waals surface area contributed by atoms with Gasteiger partial charge in [-0.1, -0.05) is 6.58 Å². The largest absolute Gasteiger partial charge is 0.480 e. The average Bonchev–Trinajstić information content (AvgIpc) is 2.50. The van der Waals surface area contributed by atoms with E-state index in [2.05, 4.69) is 6.58 Å². The van der Waals surface area contributed by atoms with Gasteiger partial charge in [0.25, 0.3) is 0 Å². The van der Waals surface area contributed by atoms with E-state index in [1.165, 1.54) is 27.7 Å². The predicted octanol–water partition coefficient (Wildman–Crippen LogP) is 0.257. The molecule has 9 heteroatoms. The van der Waals surface area contributed by atoms with Gasteiger partial charge in [0.1, 0.15) is 5.76 Å². The fourth-order valence-electron chi connectivity index (χ4n) is 1.55. The zero-order valence-electron chi connectivity index (χ0n) is 13.9. The molecule has 4 atom stereocenters. The molecule has 0 aromatic rings. The first-order valence-corrected chi connectivity index (χ1v) is 7.24. The highest BCUT2D eigenvalue weighted by atomic mass is 16.6. The summed E-state index contributed by atoms with van der Waals surface area (Å²) in [5.41, 5.74) is 0. The highest BCUT2D eigenvalue weighted by Crippen LogP contribution is 2.13. The molecule has 0 spiro atoms. The zero-order valence-corrected chi connectivity index (χ0v) is 13.9. The van der Waals surface area contributed by atoms with Crippen LogP contribution in [0.5, 0.6) is 0 Å². The molecule has 134 valence electrons. The molecule has 9 nitrogen and oxygen atoms in total. The number of cyclic esters (lactones) is 4. The van der Waals surface area contributed by atoms with E-state index in [0.717, 1.165) is 0 Å². The van der Waals surface area contributed by atoms with Crippen LogP contribution in [0.15, 0.2) is 12.3 Å². The van der Waals surface area contributed by atoms with Crippen LogP contribution in [-0.2, 0) is 42.9 Å². The van der Waals surface area contributed by atoms with E-state index in [1.54, 1.807) is 0 Å². The van der Waals surface area contributed by atoms with Crippen molar-refractivity contribution in [3.63, 3.8) is 0 Å². The first-order chi connectivity index (χ1) is 11.1. The van der Waals surface area contributed by atoms with E-state index in [1.807, 2.05) is 0 Å². The average molecular weight is 344 g/mol. The molecule has 4 unspecified atom stereocenters. The van der Waals surface area contributed by atoms with Crippen LogP contribution in [0, 0.1) is 0 Å². The maximum Gasteiger partial charge on any atom is 0.347 e. The van der Waals surface area contributed by atoms with Gasteiger partial charge in [-0.05, 0) is 27.7 Å². The summed E-state index contributed by atoms with van der Waals surface area (Å²) in [6, 6.07) is 0. The lowest BCUT2D eigenvalue weighted by Gasteiger charge is -2.21. The van der Waals surface area contributed by atoms with Crippen molar-refractivity contribution in [2.45, 2.75) is 52.1 Å². The predicted molar refractivity (Wildman–Crippen MR) is 77.3 cm³/mol. The Balaban J connectivity index is 2.92. The molecule has 1 aliphatic heterocycles. The maximum atomic E-state index is 11.9. The van der Waals surface area contributed by atoms with Crippen molar-refractivity contribution >= 4 is 23.9 Å². The molecule has 0 bridgehead atoms. The van der Waals surface area contributed by atoms with Crippen LogP contribution in [0.4, 0.5) is 0 Å². The minimum atomic E-state index is -1.28.